The van der Waals surface area contributed by atoms with Crippen molar-refractivity contribution in [3.05, 3.63) is 142 Å². The summed E-state index contributed by atoms with van der Waals surface area (Å²) in [5.41, 5.74) is 4.94. The molecule has 3 aliphatic rings. The van der Waals surface area contributed by atoms with Crippen LogP contribution in [0.2, 0.25) is 0 Å². The molecule has 256 valence electrons. The van der Waals surface area contributed by atoms with Gasteiger partial charge in [-0.25, -0.2) is 22.8 Å². The van der Waals surface area contributed by atoms with Crippen molar-refractivity contribution in [2.75, 3.05) is 5.32 Å². The van der Waals surface area contributed by atoms with Crippen LogP contribution in [0.5, 0.6) is 5.88 Å². The summed E-state index contributed by atoms with van der Waals surface area (Å²) in [5.74, 6) is 0.313. The van der Waals surface area contributed by atoms with Crippen molar-refractivity contribution in [3.8, 4) is 5.88 Å². The summed E-state index contributed by atoms with van der Waals surface area (Å²) >= 11 is 0. The predicted molar refractivity (Wildman–Crippen MR) is 193 cm³/mol. The number of nitrogens with one attached hydrogen (secondary N) is 2. The monoisotopic (exact) mass is 689 g/mol. The molecular weight excluding hydrogens is 650 g/mol. The van der Waals surface area contributed by atoms with Crippen LogP contribution < -0.4 is 14.8 Å². The molecule has 0 fully saturated rings. The van der Waals surface area contributed by atoms with Gasteiger partial charge in [0.25, 0.3) is 0 Å². The zero-order chi connectivity index (χ0) is 34.5. The molecule has 2 amide bonds. The van der Waals surface area contributed by atoms with Crippen molar-refractivity contribution in [1.29, 1.82) is 0 Å². The molecule has 0 saturated heterocycles. The zero-order valence-electron chi connectivity index (χ0n) is 28.2. The average Bonchev–Trinajstić information content (AvgIpc) is 3.92. The van der Waals surface area contributed by atoms with Crippen LogP contribution in [0.25, 0.3) is 0 Å². The standard InChI is InChI=1S/C40H40FN5O3S/c1-3-39(2)26-46-37(49-39)35(25-42-46)50(48,44-38(47)43-36-33-21-13-14-27(33)22-28-23-32(41)24-34(28)36)45-40(29-15-7-4-8-16-29,30-17-9-5-10-18-30)31-19-11-6-12-20-31/h4-12,15-20,22,25,32H,3,13-14,21,23-24,26H2,1-2H3,(H2,43,44,45,47,48)/t32-,39+,50?/m1/s1. The Morgan fingerprint density at radius 3 is 2.18 bits per heavy atom. The van der Waals surface area contributed by atoms with Crippen molar-refractivity contribution in [2.24, 2.45) is 4.36 Å². The van der Waals surface area contributed by atoms with Gasteiger partial charge in [-0.05, 0) is 71.6 Å². The van der Waals surface area contributed by atoms with Crippen LogP contribution in [-0.4, -0.2) is 31.8 Å². The third kappa shape index (κ3) is 5.46. The molecule has 2 aliphatic carbocycles. The van der Waals surface area contributed by atoms with Gasteiger partial charge in [0.05, 0.1) is 12.7 Å². The van der Waals surface area contributed by atoms with Gasteiger partial charge in [-0.15, -0.1) is 0 Å². The third-order valence-electron chi connectivity index (χ3n) is 10.4. The number of amides is 2. The molecule has 0 bridgehead atoms. The number of hydrogen-bond acceptors (Lipinski definition) is 5. The van der Waals surface area contributed by atoms with Crippen LogP contribution in [0.1, 0.15) is 65.6 Å². The van der Waals surface area contributed by atoms with Gasteiger partial charge >= 0.3 is 6.03 Å². The van der Waals surface area contributed by atoms with E-state index in [-0.39, 0.29) is 11.3 Å². The van der Waals surface area contributed by atoms with Crippen molar-refractivity contribution >= 4 is 21.6 Å². The molecule has 0 spiro atoms. The molecule has 5 aromatic rings. The summed E-state index contributed by atoms with van der Waals surface area (Å²) in [5, 5.41) is 7.64. The molecule has 1 aliphatic heterocycles. The number of urea groups is 1. The van der Waals surface area contributed by atoms with E-state index in [0.717, 1.165) is 58.2 Å². The number of halogens is 1. The Kier molecular flexibility index (Phi) is 8.01. The number of nitrogens with zero attached hydrogens (tertiary/aromatic N) is 3. The lowest BCUT2D eigenvalue weighted by molar-refractivity contribution is 0.105. The molecule has 2 N–H and O–H groups in total. The maximum atomic E-state index is 16.0. The van der Waals surface area contributed by atoms with Crippen LogP contribution in [0.3, 0.4) is 0 Å². The van der Waals surface area contributed by atoms with Gasteiger partial charge in [0.15, 0.2) is 9.92 Å². The lowest BCUT2D eigenvalue weighted by Crippen LogP contribution is -2.38. The van der Waals surface area contributed by atoms with E-state index >= 15 is 4.21 Å². The largest absolute Gasteiger partial charge is 0.469 e. The highest BCUT2D eigenvalue weighted by Gasteiger charge is 2.43. The normalized spacial score (nSPS) is 20.3. The van der Waals surface area contributed by atoms with E-state index in [0.29, 0.717) is 31.0 Å². The van der Waals surface area contributed by atoms with Gasteiger partial charge < -0.3 is 10.1 Å². The summed E-state index contributed by atoms with van der Waals surface area (Å²) in [4.78, 5) is 14.5. The summed E-state index contributed by atoms with van der Waals surface area (Å²) in [6.45, 7) is 4.49. The second kappa shape index (κ2) is 12.4. The van der Waals surface area contributed by atoms with Gasteiger partial charge in [-0.1, -0.05) is 104 Å². The first-order chi connectivity index (χ1) is 24.2. The fourth-order valence-corrected chi connectivity index (χ4v) is 9.59. The first-order valence-corrected chi connectivity index (χ1v) is 18.8. The van der Waals surface area contributed by atoms with Crippen molar-refractivity contribution < 1.29 is 18.1 Å². The van der Waals surface area contributed by atoms with Gasteiger partial charge in [-0.2, -0.15) is 9.46 Å². The van der Waals surface area contributed by atoms with Gasteiger partial charge in [0.1, 0.15) is 22.2 Å². The Bertz CT molecular complexity index is 2100. The molecule has 8 rings (SSSR count). The molecule has 8 nitrogen and oxygen atoms in total. The molecule has 10 heteroatoms. The molecule has 0 saturated carbocycles. The average molecular weight is 690 g/mol. The quantitative estimate of drug-likeness (QED) is 0.162. The lowest BCUT2D eigenvalue weighted by atomic mass is 9.78. The number of anilines is 1. The molecule has 0 radical (unpaired) electrons. The van der Waals surface area contributed by atoms with Gasteiger partial charge in [-0.3, -0.25) is 0 Å². The summed E-state index contributed by atoms with van der Waals surface area (Å²) in [7, 11) is -3.89. The Balaban J connectivity index is 1.34. The first-order valence-electron chi connectivity index (χ1n) is 17.3. The predicted octanol–water partition coefficient (Wildman–Crippen LogP) is 7.93. The number of aryl methyl sites for hydroxylation is 1. The zero-order valence-corrected chi connectivity index (χ0v) is 29.0. The van der Waals surface area contributed by atoms with Crippen LogP contribution in [-0.2, 0) is 47.7 Å². The van der Waals surface area contributed by atoms with E-state index in [2.05, 4.69) is 21.2 Å². The van der Waals surface area contributed by atoms with E-state index in [1.807, 2.05) is 105 Å². The van der Waals surface area contributed by atoms with Crippen LogP contribution in [0.4, 0.5) is 14.9 Å². The maximum absolute atomic E-state index is 16.0. The maximum Gasteiger partial charge on any atom is 0.331 e. The van der Waals surface area contributed by atoms with Crippen molar-refractivity contribution in [1.82, 2.24) is 14.5 Å². The first kappa shape index (κ1) is 32.3. The van der Waals surface area contributed by atoms with Crippen molar-refractivity contribution in [2.45, 2.75) is 81.1 Å². The highest BCUT2D eigenvalue weighted by Crippen LogP contribution is 2.45. The number of fused-ring (bicyclic) bond motifs is 3. The molecule has 3 atom stereocenters. The van der Waals surface area contributed by atoms with Crippen molar-refractivity contribution in [3.63, 3.8) is 0 Å². The fourth-order valence-electron chi connectivity index (χ4n) is 7.76. The van der Waals surface area contributed by atoms with E-state index < -0.39 is 33.3 Å². The highest BCUT2D eigenvalue weighted by molar-refractivity contribution is 7.92. The summed E-state index contributed by atoms with van der Waals surface area (Å²) < 4.78 is 47.2. The van der Waals surface area contributed by atoms with Crippen LogP contribution >= 0.6 is 0 Å². The topological polar surface area (TPSA) is 97.6 Å². The van der Waals surface area contributed by atoms with E-state index in [1.54, 1.807) is 4.68 Å². The SMILES string of the molecule is CC[C@@]1(C)Cn2ncc(S(=O)(=NC(c3ccccc3)(c3ccccc3)c3ccccc3)NC(=O)Nc3c4c(cc5c3C[C@H](F)C5)CCC4)c2O1. The second-order valence-electron chi connectivity index (χ2n) is 13.7. The minimum atomic E-state index is -3.89. The number of alkyl halides is 1. The Labute approximate surface area is 292 Å². The van der Waals surface area contributed by atoms with E-state index in [4.69, 9.17) is 9.10 Å². The number of carbonyl (C=O) groups excluding carboxylic acids is 1. The molecule has 4 aromatic carbocycles. The number of ether oxygens (including phenoxy) is 1. The minimum Gasteiger partial charge on any atom is -0.469 e. The molecule has 50 heavy (non-hydrogen) atoms. The third-order valence-corrected chi connectivity index (χ3v) is 12.3. The Morgan fingerprint density at radius 2 is 1.58 bits per heavy atom. The number of benzene rings is 4. The summed E-state index contributed by atoms with van der Waals surface area (Å²) in [6.07, 6.45) is 4.38. The van der Waals surface area contributed by atoms with Crippen LogP contribution in [0, 0.1) is 0 Å². The fraction of sp³-hybridized carbons (Fsp3) is 0.300. The molecule has 2 heterocycles. The smallest absolute Gasteiger partial charge is 0.331 e. The number of carbonyl (C=O) groups is 1. The second-order valence-corrected chi connectivity index (χ2v) is 15.6. The Morgan fingerprint density at radius 1 is 0.960 bits per heavy atom. The molecule has 1 unspecified atom stereocenters. The number of rotatable bonds is 8. The van der Waals surface area contributed by atoms with E-state index in [9.17, 15) is 9.18 Å². The Hall–Kier alpha value is -4.96. The van der Waals surface area contributed by atoms with Crippen LogP contribution in [0.15, 0.2) is 113 Å². The molecular formula is C40H40FN5O3S. The molecule has 1 aromatic heterocycles. The number of hydrogen-bond donors (Lipinski definition) is 2. The highest BCUT2D eigenvalue weighted by atomic mass is 32.2. The minimum absolute atomic E-state index is 0.185. The van der Waals surface area contributed by atoms with E-state index in [1.165, 1.54) is 6.20 Å². The lowest BCUT2D eigenvalue weighted by Gasteiger charge is -2.33. The summed E-state index contributed by atoms with van der Waals surface area (Å²) in [6, 6.07) is 30.5. The van der Waals surface area contributed by atoms with Gasteiger partial charge in [0.2, 0.25) is 5.88 Å². The number of aromatic nitrogens is 2. The van der Waals surface area contributed by atoms with Gasteiger partial charge in [0, 0.05) is 18.5 Å².